The first kappa shape index (κ1) is 8.76. The third-order valence-electron chi connectivity index (χ3n) is 3.10. The summed E-state index contributed by atoms with van der Waals surface area (Å²) < 4.78 is 0. The molecule has 1 heteroatoms. The average molecular weight is 175 g/mol. The highest BCUT2D eigenvalue weighted by molar-refractivity contribution is 5.33. The van der Waals surface area contributed by atoms with Crippen molar-refractivity contribution < 1.29 is 0 Å². The van der Waals surface area contributed by atoms with Crippen molar-refractivity contribution in [2.24, 2.45) is 11.7 Å². The van der Waals surface area contributed by atoms with Gasteiger partial charge in [0, 0.05) is 6.04 Å². The summed E-state index contributed by atoms with van der Waals surface area (Å²) in [5.74, 6) is 1.46. The van der Waals surface area contributed by atoms with E-state index in [1.54, 1.807) is 0 Å². The zero-order valence-electron chi connectivity index (χ0n) is 8.33. The smallest absolute Gasteiger partial charge is 0.00448 e. The zero-order chi connectivity index (χ0) is 9.42. The Balaban J connectivity index is 2.16. The maximum atomic E-state index is 5.88. The molecular weight excluding hydrogens is 158 g/mol. The van der Waals surface area contributed by atoms with E-state index in [-0.39, 0.29) is 0 Å². The SMILES string of the molecule is Cc1ccccc1C1CC1C(C)N. The van der Waals surface area contributed by atoms with Crippen molar-refractivity contribution in [1.82, 2.24) is 0 Å². The van der Waals surface area contributed by atoms with E-state index >= 15 is 0 Å². The average Bonchev–Trinajstić information content (AvgIpc) is 2.84. The molecule has 1 aromatic rings. The molecule has 1 aliphatic rings. The summed E-state index contributed by atoms with van der Waals surface area (Å²) in [5, 5.41) is 0. The summed E-state index contributed by atoms with van der Waals surface area (Å²) >= 11 is 0. The predicted octanol–water partition coefficient (Wildman–Crippen LogP) is 2.45. The molecule has 2 rings (SSSR count). The van der Waals surface area contributed by atoms with Gasteiger partial charge in [-0.15, -0.1) is 0 Å². The Morgan fingerprint density at radius 2 is 2.08 bits per heavy atom. The van der Waals surface area contributed by atoms with E-state index in [1.165, 1.54) is 17.5 Å². The molecule has 0 aliphatic heterocycles. The predicted molar refractivity (Wildman–Crippen MR) is 55.7 cm³/mol. The number of hydrogen-bond donors (Lipinski definition) is 1. The molecule has 70 valence electrons. The lowest BCUT2D eigenvalue weighted by Gasteiger charge is -2.06. The van der Waals surface area contributed by atoms with Gasteiger partial charge in [0.05, 0.1) is 0 Å². The van der Waals surface area contributed by atoms with Crippen LogP contribution in [-0.2, 0) is 0 Å². The summed E-state index contributed by atoms with van der Waals surface area (Å²) in [4.78, 5) is 0. The normalized spacial score (nSPS) is 28.5. The Labute approximate surface area is 80.0 Å². The van der Waals surface area contributed by atoms with Gasteiger partial charge in [-0.3, -0.25) is 0 Å². The van der Waals surface area contributed by atoms with Crippen LogP contribution in [-0.4, -0.2) is 6.04 Å². The van der Waals surface area contributed by atoms with Crippen LogP contribution in [0.4, 0.5) is 0 Å². The lowest BCUT2D eigenvalue weighted by atomic mass is 10.0. The maximum Gasteiger partial charge on any atom is 0.00448 e. The van der Waals surface area contributed by atoms with Crippen molar-refractivity contribution in [3.8, 4) is 0 Å². The molecule has 3 atom stereocenters. The van der Waals surface area contributed by atoms with Crippen LogP contribution in [0.3, 0.4) is 0 Å². The van der Waals surface area contributed by atoms with Crippen LogP contribution in [0.15, 0.2) is 24.3 Å². The lowest BCUT2D eigenvalue weighted by Crippen LogP contribution is -2.18. The molecule has 2 N–H and O–H groups in total. The summed E-state index contributed by atoms with van der Waals surface area (Å²) in [6.07, 6.45) is 1.28. The second-order valence-corrected chi connectivity index (χ2v) is 4.22. The Kier molecular flexibility index (Phi) is 2.12. The fourth-order valence-electron chi connectivity index (χ4n) is 2.16. The van der Waals surface area contributed by atoms with Crippen molar-refractivity contribution in [3.05, 3.63) is 35.4 Å². The first-order valence-electron chi connectivity index (χ1n) is 5.01. The molecule has 1 aliphatic carbocycles. The molecule has 1 saturated carbocycles. The molecule has 1 aromatic carbocycles. The van der Waals surface area contributed by atoms with Gasteiger partial charge in [0.2, 0.25) is 0 Å². The largest absolute Gasteiger partial charge is 0.328 e. The minimum atomic E-state index is 0.351. The second-order valence-electron chi connectivity index (χ2n) is 4.22. The minimum absolute atomic E-state index is 0.351. The third kappa shape index (κ3) is 1.61. The monoisotopic (exact) mass is 175 g/mol. The lowest BCUT2D eigenvalue weighted by molar-refractivity contribution is 0.631. The van der Waals surface area contributed by atoms with Crippen LogP contribution in [0, 0.1) is 12.8 Å². The van der Waals surface area contributed by atoms with Crippen LogP contribution in [0.1, 0.15) is 30.4 Å². The third-order valence-corrected chi connectivity index (χ3v) is 3.10. The number of nitrogens with two attached hydrogens (primary N) is 1. The maximum absolute atomic E-state index is 5.88. The topological polar surface area (TPSA) is 26.0 Å². The van der Waals surface area contributed by atoms with Gasteiger partial charge in [-0.05, 0) is 43.2 Å². The fraction of sp³-hybridized carbons (Fsp3) is 0.500. The van der Waals surface area contributed by atoms with Gasteiger partial charge >= 0.3 is 0 Å². The number of rotatable bonds is 2. The van der Waals surface area contributed by atoms with Crippen LogP contribution < -0.4 is 5.73 Å². The van der Waals surface area contributed by atoms with Gasteiger partial charge in [-0.2, -0.15) is 0 Å². The highest BCUT2D eigenvalue weighted by Gasteiger charge is 2.41. The number of hydrogen-bond acceptors (Lipinski definition) is 1. The molecule has 0 spiro atoms. The molecule has 1 fully saturated rings. The van der Waals surface area contributed by atoms with Crippen molar-refractivity contribution in [2.45, 2.75) is 32.2 Å². The van der Waals surface area contributed by atoms with Crippen LogP contribution in [0.25, 0.3) is 0 Å². The minimum Gasteiger partial charge on any atom is -0.328 e. The van der Waals surface area contributed by atoms with Gasteiger partial charge in [0.1, 0.15) is 0 Å². The van der Waals surface area contributed by atoms with Crippen LogP contribution in [0.5, 0.6) is 0 Å². The van der Waals surface area contributed by atoms with Crippen molar-refractivity contribution in [1.29, 1.82) is 0 Å². The highest BCUT2D eigenvalue weighted by Crippen LogP contribution is 2.49. The van der Waals surface area contributed by atoms with E-state index in [0.29, 0.717) is 6.04 Å². The molecule has 0 radical (unpaired) electrons. The zero-order valence-corrected chi connectivity index (χ0v) is 8.33. The number of aryl methyl sites for hydroxylation is 1. The fourth-order valence-corrected chi connectivity index (χ4v) is 2.16. The van der Waals surface area contributed by atoms with E-state index in [0.717, 1.165) is 11.8 Å². The molecule has 3 unspecified atom stereocenters. The first-order valence-corrected chi connectivity index (χ1v) is 5.01. The molecule has 0 saturated heterocycles. The summed E-state index contributed by atoms with van der Waals surface area (Å²) in [6, 6.07) is 9.00. The van der Waals surface area contributed by atoms with Gasteiger partial charge in [0.25, 0.3) is 0 Å². The Morgan fingerprint density at radius 1 is 1.38 bits per heavy atom. The quantitative estimate of drug-likeness (QED) is 0.734. The van der Waals surface area contributed by atoms with Gasteiger partial charge < -0.3 is 5.73 Å². The standard InChI is InChI=1S/C12H17N/c1-8-5-3-4-6-10(8)12-7-11(12)9(2)13/h3-6,9,11-12H,7,13H2,1-2H3. The molecule has 1 nitrogen and oxygen atoms in total. The summed E-state index contributed by atoms with van der Waals surface area (Å²) in [7, 11) is 0. The second kappa shape index (κ2) is 3.15. The van der Waals surface area contributed by atoms with E-state index in [1.807, 2.05) is 0 Å². The van der Waals surface area contributed by atoms with Crippen LogP contribution in [0.2, 0.25) is 0 Å². The molecule has 0 aromatic heterocycles. The highest BCUT2D eigenvalue weighted by atomic mass is 14.7. The number of benzene rings is 1. The van der Waals surface area contributed by atoms with Crippen LogP contribution >= 0.6 is 0 Å². The van der Waals surface area contributed by atoms with E-state index in [2.05, 4.69) is 38.1 Å². The van der Waals surface area contributed by atoms with Crippen molar-refractivity contribution >= 4 is 0 Å². The molecular formula is C12H17N. The van der Waals surface area contributed by atoms with Crippen molar-refractivity contribution in [2.75, 3.05) is 0 Å². The Hall–Kier alpha value is -0.820. The Bertz CT molecular complexity index is 304. The van der Waals surface area contributed by atoms with E-state index in [9.17, 15) is 0 Å². The Morgan fingerprint density at radius 3 is 2.62 bits per heavy atom. The van der Waals surface area contributed by atoms with Gasteiger partial charge in [-0.25, -0.2) is 0 Å². The van der Waals surface area contributed by atoms with Crippen molar-refractivity contribution in [3.63, 3.8) is 0 Å². The van der Waals surface area contributed by atoms with Gasteiger partial charge in [-0.1, -0.05) is 24.3 Å². The van der Waals surface area contributed by atoms with E-state index in [4.69, 9.17) is 5.73 Å². The van der Waals surface area contributed by atoms with Gasteiger partial charge in [0.15, 0.2) is 0 Å². The molecule has 0 heterocycles. The first-order chi connectivity index (χ1) is 6.20. The molecule has 0 amide bonds. The summed E-state index contributed by atoms with van der Waals surface area (Å²) in [5.41, 5.74) is 8.79. The molecule has 0 bridgehead atoms. The van der Waals surface area contributed by atoms with E-state index < -0.39 is 0 Å². The summed E-state index contributed by atoms with van der Waals surface area (Å²) in [6.45, 7) is 4.30. The molecule has 13 heavy (non-hydrogen) atoms.